The van der Waals surface area contributed by atoms with Crippen molar-refractivity contribution in [3.8, 4) is 5.75 Å². The Morgan fingerprint density at radius 1 is 1.32 bits per heavy atom. The molecule has 3 aliphatic heterocycles. The molecule has 168 valence electrons. The predicted molar refractivity (Wildman–Crippen MR) is 116 cm³/mol. The summed E-state index contributed by atoms with van der Waals surface area (Å²) in [6.07, 6.45) is 1.08. The number of hydrogen-bond donors (Lipinski definition) is 2. The van der Waals surface area contributed by atoms with Crippen molar-refractivity contribution >= 4 is 11.6 Å². The van der Waals surface area contributed by atoms with Gasteiger partial charge < -0.3 is 20.3 Å². The highest BCUT2D eigenvalue weighted by Gasteiger charge is 2.41. The van der Waals surface area contributed by atoms with Gasteiger partial charge >= 0.3 is 0 Å². The van der Waals surface area contributed by atoms with Gasteiger partial charge in [-0.1, -0.05) is 18.2 Å². The van der Waals surface area contributed by atoms with E-state index in [0.29, 0.717) is 24.4 Å². The van der Waals surface area contributed by atoms with Gasteiger partial charge in [-0.25, -0.2) is 13.8 Å². The SMILES string of the molecule is CNC/C(C(=O)N1CCC2(CCc3ccccc3O2)CC1)=C1/N=C(C)CC(C(F)F)N1. The first-order valence-corrected chi connectivity index (χ1v) is 10.9. The Morgan fingerprint density at radius 2 is 2.06 bits per heavy atom. The third-order valence-corrected chi connectivity index (χ3v) is 6.45. The number of fused-ring (bicyclic) bond motifs is 1. The molecule has 31 heavy (non-hydrogen) atoms. The van der Waals surface area contributed by atoms with E-state index in [9.17, 15) is 13.6 Å². The first-order chi connectivity index (χ1) is 14.9. The summed E-state index contributed by atoms with van der Waals surface area (Å²) in [5.74, 6) is 1.05. The molecule has 2 N–H and O–H groups in total. The van der Waals surface area contributed by atoms with Gasteiger partial charge in [0.15, 0.2) is 0 Å². The van der Waals surface area contributed by atoms with Crippen molar-refractivity contribution in [2.45, 2.75) is 57.1 Å². The monoisotopic (exact) mass is 432 g/mol. The molecular formula is C23H30F2N4O2. The highest BCUT2D eigenvalue weighted by Crippen LogP contribution is 2.39. The van der Waals surface area contributed by atoms with E-state index in [1.807, 2.05) is 18.2 Å². The molecule has 0 aliphatic carbocycles. The minimum atomic E-state index is -2.52. The molecule has 8 heteroatoms. The molecule has 1 amide bonds. The number of carbonyl (C=O) groups excluding carboxylic acids is 1. The summed E-state index contributed by atoms with van der Waals surface area (Å²) < 4.78 is 33.0. The van der Waals surface area contributed by atoms with E-state index >= 15 is 0 Å². The standard InChI is InChI=1S/C23H30F2N4O2/c1-15-13-18(20(24)25)28-21(27-15)17(14-26-2)22(30)29-11-9-23(10-12-29)8-7-16-5-3-4-6-19(16)31-23/h3-6,18,20,26,28H,7-14H2,1-2H3/b21-17+. The number of nitrogens with zero attached hydrogens (tertiary/aromatic N) is 2. The summed E-state index contributed by atoms with van der Waals surface area (Å²) in [6, 6.07) is 7.10. The number of benzene rings is 1. The Bertz CT molecular complexity index is 891. The van der Waals surface area contributed by atoms with Gasteiger partial charge in [0.1, 0.15) is 17.2 Å². The average molecular weight is 433 g/mol. The van der Waals surface area contributed by atoms with Gasteiger partial charge in [0.05, 0.1) is 11.6 Å². The molecule has 0 radical (unpaired) electrons. The van der Waals surface area contributed by atoms with E-state index < -0.39 is 12.5 Å². The molecule has 1 unspecified atom stereocenters. The fourth-order valence-corrected chi connectivity index (χ4v) is 4.67. The fourth-order valence-electron chi connectivity index (χ4n) is 4.67. The molecule has 1 spiro atoms. The van der Waals surface area contributed by atoms with Crippen molar-refractivity contribution in [3.05, 3.63) is 41.2 Å². The molecular weight excluding hydrogens is 402 g/mol. The lowest BCUT2D eigenvalue weighted by atomic mass is 9.83. The van der Waals surface area contributed by atoms with Crippen molar-refractivity contribution in [3.63, 3.8) is 0 Å². The highest BCUT2D eigenvalue weighted by atomic mass is 19.3. The molecule has 1 atom stereocenters. The van der Waals surface area contributed by atoms with E-state index in [-0.39, 0.29) is 30.3 Å². The first kappa shape index (κ1) is 21.7. The third-order valence-electron chi connectivity index (χ3n) is 6.45. The van der Waals surface area contributed by atoms with Crippen LogP contribution >= 0.6 is 0 Å². The maximum Gasteiger partial charge on any atom is 0.258 e. The molecule has 0 bridgehead atoms. The molecule has 1 aromatic carbocycles. The summed E-state index contributed by atoms with van der Waals surface area (Å²) in [4.78, 5) is 19.5. The van der Waals surface area contributed by atoms with Crippen molar-refractivity contribution < 1.29 is 18.3 Å². The quantitative estimate of drug-likeness (QED) is 0.718. The number of amides is 1. The number of rotatable bonds is 4. The van der Waals surface area contributed by atoms with E-state index in [2.05, 4.69) is 21.7 Å². The summed E-state index contributed by atoms with van der Waals surface area (Å²) in [6.45, 7) is 3.13. The number of piperidine rings is 1. The lowest BCUT2D eigenvalue weighted by Crippen LogP contribution is -2.52. The zero-order chi connectivity index (χ0) is 22.0. The molecule has 1 aromatic rings. The van der Waals surface area contributed by atoms with Crippen LogP contribution in [0.4, 0.5) is 8.78 Å². The number of aliphatic imine (C=N–C) groups is 1. The molecule has 4 rings (SSSR count). The normalized spacial score (nSPS) is 24.2. The van der Waals surface area contributed by atoms with E-state index in [4.69, 9.17) is 4.74 Å². The van der Waals surface area contributed by atoms with Crippen LogP contribution in [0.2, 0.25) is 0 Å². The first-order valence-electron chi connectivity index (χ1n) is 10.9. The Balaban J connectivity index is 1.48. The van der Waals surface area contributed by atoms with Crippen molar-refractivity contribution in [2.24, 2.45) is 4.99 Å². The molecule has 6 nitrogen and oxygen atoms in total. The summed E-state index contributed by atoms with van der Waals surface area (Å²) >= 11 is 0. The number of likely N-dealkylation sites (tertiary alicyclic amines) is 1. The summed E-state index contributed by atoms with van der Waals surface area (Å²) in [5.41, 5.74) is 2.00. The van der Waals surface area contributed by atoms with E-state index in [1.54, 1.807) is 18.9 Å². The van der Waals surface area contributed by atoms with Crippen molar-refractivity contribution in [1.29, 1.82) is 0 Å². The third kappa shape index (κ3) is 4.59. The van der Waals surface area contributed by atoms with Crippen LogP contribution in [0.5, 0.6) is 5.75 Å². The number of ether oxygens (including phenoxy) is 1. The average Bonchev–Trinajstić information content (AvgIpc) is 2.77. The topological polar surface area (TPSA) is 66.0 Å². The lowest BCUT2D eigenvalue weighted by Gasteiger charge is -2.44. The zero-order valence-electron chi connectivity index (χ0n) is 18.1. The second-order valence-electron chi connectivity index (χ2n) is 8.68. The Kier molecular flexibility index (Phi) is 6.27. The second kappa shape index (κ2) is 8.94. The Hall–Kier alpha value is -2.48. The van der Waals surface area contributed by atoms with Crippen LogP contribution in [-0.2, 0) is 11.2 Å². The van der Waals surface area contributed by atoms with Gasteiger partial charge in [0.2, 0.25) is 0 Å². The predicted octanol–water partition coefficient (Wildman–Crippen LogP) is 2.89. The van der Waals surface area contributed by atoms with Crippen LogP contribution in [0.1, 0.15) is 38.2 Å². The maximum atomic E-state index is 13.3. The van der Waals surface area contributed by atoms with Crippen molar-refractivity contribution in [1.82, 2.24) is 15.5 Å². The molecule has 3 aliphatic rings. The van der Waals surface area contributed by atoms with Crippen molar-refractivity contribution in [2.75, 3.05) is 26.7 Å². The van der Waals surface area contributed by atoms with E-state index in [0.717, 1.165) is 31.4 Å². The van der Waals surface area contributed by atoms with Gasteiger partial charge in [-0.05, 0) is 38.4 Å². The Morgan fingerprint density at radius 3 is 2.77 bits per heavy atom. The molecule has 0 saturated carbocycles. The zero-order valence-corrected chi connectivity index (χ0v) is 18.1. The summed E-state index contributed by atoms with van der Waals surface area (Å²) in [5, 5.41) is 5.77. The van der Waals surface area contributed by atoms with Crippen LogP contribution in [0.25, 0.3) is 0 Å². The molecule has 0 aromatic heterocycles. The Labute approximate surface area is 181 Å². The van der Waals surface area contributed by atoms with Gasteiger partial charge in [-0.2, -0.15) is 0 Å². The van der Waals surface area contributed by atoms with Gasteiger partial charge in [-0.3, -0.25) is 4.79 Å². The van der Waals surface area contributed by atoms with Gasteiger partial charge in [0, 0.05) is 44.6 Å². The van der Waals surface area contributed by atoms with Gasteiger partial charge in [-0.15, -0.1) is 0 Å². The number of carbonyl (C=O) groups is 1. The number of para-hydroxylation sites is 1. The van der Waals surface area contributed by atoms with E-state index in [1.165, 1.54) is 5.56 Å². The molecule has 1 fully saturated rings. The minimum absolute atomic E-state index is 0.158. The number of halogens is 2. The number of hydrogen-bond acceptors (Lipinski definition) is 5. The van der Waals surface area contributed by atoms with Crippen LogP contribution in [0.15, 0.2) is 40.7 Å². The number of nitrogens with one attached hydrogen (secondary N) is 2. The van der Waals surface area contributed by atoms with Crippen LogP contribution < -0.4 is 15.4 Å². The van der Waals surface area contributed by atoms with Crippen LogP contribution in [0.3, 0.4) is 0 Å². The number of alkyl halides is 2. The van der Waals surface area contributed by atoms with Crippen LogP contribution in [0, 0.1) is 0 Å². The summed E-state index contributed by atoms with van der Waals surface area (Å²) in [7, 11) is 1.73. The number of aryl methyl sites for hydroxylation is 1. The van der Waals surface area contributed by atoms with Gasteiger partial charge in [0.25, 0.3) is 12.3 Å². The lowest BCUT2D eigenvalue weighted by molar-refractivity contribution is -0.131. The second-order valence-corrected chi connectivity index (χ2v) is 8.68. The largest absolute Gasteiger partial charge is 0.487 e. The maximum absolute atomic E-state index is 13.3. The van der Waals surface area contributed by atoms with Crippen LogP contribution in [-0.4, -0.2) is 61.3 Å². The fraction of sp³-hybridized carbons (Fsp3) is 0.565. The molecule has 1 saturated heterocycles. The highest BCUT2D eigenvalue weighted by molar-refractivity contribution is 5.95. The minimum Gasteiger partial charge on any atom is -0.487 e. The smallest absolute Gasteiger partial charge is 0.258 e. The molecule has 3 heterocycles. The number of likely N-dealkylation sites (N-methyl/N-ethyl adjacent to an activating group) is 1.